The molecule has 0 radical (unpaired) electrons. The largest absolute Gasteiger partial charge is 0.506 e. The zero-order chi connectivity index (χ0) is 15.6. The number of hydrogen-bond donors (Lipinski definition) is 4. The van der Waals surface area contributed by atoms with E-state index in [1.54, 1.807) is 0 Å². The van der Waals surface area contributed by atoms with E-state index in [0.29, 0.717) is 13.0 Å². The van der Waals surface area contributed by atoms with Crippen LogP contribution in [0.25, 0.3) is 0 Å². The molecule has 1 aromatic rings. The lowest BCUT2D eigenvalue weighted by Crippen LogP contribution is -2.47. The maximum Gasteiger partial charge on any atom is 0.335 e. The number of urea groups is 1. The number of hydrogen-bond acceptors (Lipinski definition) is 4. The smallest absolute Gasteiger partial charge is 0.335 e. The van der Waals surface area contributed by atoms with Crippen LogP contribution in [0.2, 0.25) is 0 Å². The Kier molecular flexibility index (Phi) is 4.32. The van der Waals surface area contributed by atoms with Gasteiger partial charge in [-0.25, -0.2) is 9.59 Å². The van der Waals surface area contributed by atoms with E-state index in [0.717, 1.165) is 6.07 Å². The van der Waals surface area contributed by atoms with E-state index in [4.69, 9.17) is 5.11 Å². The molecule has 21 heavy (non-hydrogen) atoms. The number of nitrogens with zero attached hydrogens (tertiary/aromatic N) is 1. The van der Waals surface area contributed by atoms with Crippen molar-refractivity contribution in [2.75, 3.05) is 18.4 Å². The molecule has 0 spiro atoms. The summed E-state index contributed by atoms with van der Waals surface area (Å²) in [6.45, 7) is 2.69. The minimum absolute atomic E-state index is 0.0623. The molecule has 0 bridgehead atoms. The van der Waals surface area contributed by atoms with Crippen LogP contribution >= 0.6 is 0 Å². The second kappa shape index (κ2) is 6.01. The van der Waals surface area contributed by atoms with Gasteiger partial charge in [-0.05, 0) is 30.5 Å². The molecule has 7 nitrogen and oxygen atoms in total. The topological polar surface area (TPSA) is 110 Å². The molecule has 0 aliphatic carbocycles. The molecule has 2 unspecified atom stereocenters. The van der Waals surface area contributed by atoms with Crippen molar-refractivity contribution in [3.63, 3.8) is 0 Å². The summed E-state index contributed by atoms with van der Waals surface area (Å²) in [7, 11) is 0. The number of phenols is 1. The molecule has 2 rings (SSSR count). The second-order valence-electron chi connectivity index (χ2n) is 5.25. The van der Waals surface area contributed by atoms with E-state index in [-0.39, 0.29) is 29.5 Å². The minimum atomic E-state index is -1.16. The molecule has 1 aliphatic rings. The van der Waals surface area contributed by atoms with Gasteiger partial charge in [0.25, 0.3) is 0 Å². The van der Waals surface area contributed by atoms with Crippen LogP contribution < -0.4 is 5.32 Å². The summed E-state index contributed by atoms with van der Waals surface area (Å²) in [6.07, 6.45) is 0.144. The van der Waals surface area contributed by atoms with Gasteiger partial charge in [0.05, 0.1) is 17.4 Å². The van der Waals surface area contributed by atoms with Crippen LogP contribution in [0.15, 0.2) is 18.2 Å². The van der Waals surface area contributed by atoms with Crippen molar-refractivity contribution < 1.29 is 24.9 Å². The molecule has 2 atom stereocenters. The van der Waals surface area contributed by atoms with Crippen LogP contribution in [0.4, 0.5) is 10.5 Å². The number of carbonyl (C=O) groups is 2. The number of β-amino-alcohol motifs (C(OH)–C–C–N with tert-alkyl or cyclic N) is 1. The summed E-state index contributed by atoms with van der Waals surface area (Å²) in [4.78, 5) is 24.3. The van der Waals surface area contributed by atoms with E-state index in [1.165, 1.54) is 17.0 Å². The summed E-state index contributed by atoms with van der Waals surface area (Å²) >= 11 is 0. The SMILES string of the molecule is CC1CCN(C(=O)Nc2ccc(C(=O)O)cc2O)CC1O. The number of aromatic hydroxyl groups is 1. The fourth-order valence-corrected chi connectivity index (χ4v) is 2.20. The number of anilines is 1. The number of aliphatic hydroxyl groups excluding tert-OH is 1. The normalized spacial score (nSPS) is 21.9. The van der Waals surface area contributed by atoms with Crippen molar-refractivity contribution in [3.8, 4) is 5.75 Å². The molecular formula is C14H18N2O5. The monoisotopic (exact) mass is 294 g/mol. The molecule has 1 aliphatic heterocycles. The van der Waals surface area contributed by atoms with Gasteiger partial charge >= 0.3 is 12.0 Å². The standard InChI is InChI=1S/C14H18N2O5/c1-8-4-5-16(7-12(8)18)14(21)15-10-3-2-9(13(19)20)6-11(10)17/h2-3,6,8,12,17-18H,4-5,7H2,1H3,(H,15,21)(H,19,20). The highest BCUT2D eigenvalue weighted by Crippen LogP contribution is 2.25. The van der Waals surface area contributed by atoms with Gasteiger partial charge < -0.3 is 25.5 Å². The average Bonchev–Trinajstić information content (AvgIpc) is 2.43. The van der Waals surface area contributed by atoms with Gasteiger partial charge in [0.1, 0.15) is 5.75 Å². The molecule has 0 saturated carbocycles. The molecule has 1 heterocycles. The number of piperidine rings is 1. The summed E-state index contributed by atoms with van der Waals surface area (Å²) < 4.78 is 0. The number of aliphatic hydroxyl groups is 1. The molecule has 1 fully saturated rings. The van der Waals surface area contributed by atoms with Crippen LogP contribution in [0, 0.1) is 5.92 Å². The molecule has 0 aromatic heterocycles. The summed E-state index contributed by atoms with van der Waals surface area (Å²) in [6, 6.07) is 3.27. The number of aromatic carboxylic acids is 1. The first-order valence-corrected chi connectivity index (χ1v) is 6.68. The molecule has 2 amide bonds. The van der Waals surface area contributed by atoms with Crippen LogP contribution in [0.3, 0.4) is 0 Å². The lowest BCUT2D eigenvalue weighted by atomic mass is 9.96. The molecule has 114 valence electrons. The Morgan fingerprint density at radius 1 is 1.38 bits per heavy atom. The zero-order valence-corrected chi connectivity index (χ0v) is 11.6. The van der Waals surface area contributed by atoms with Crippen molar-refractivity contribution in [3.05, 3.63) is 23.8 Å². The number of likely N-dealkylation sites (tertiary alicyclic amines) is 1. The highest BCUT2D eigenvalue weighted by atomic mass is 16.4. The Morgan fingerprint density at radius 3 is 2.67 bits per heavy atom. The van der Waals surface area contributed by atoms with Gasteiger partial charge in [-0.15, -0.1) is 0 Å². The van der Waals surface area contributed by atoms with Crippen molar-refractivity contribution in [2.45, 2.75) is 19.4 Å². The molecule has 7 heteroatoms. The fourth-order valence-electron chi connectivity index (χ4n) is 2.20. The van der Waals surface area contributed by atoms with Gasteiger partial charge in [-0.1, -0.05) is 6.92 Å². The number of rotatable bonds is 2. The Hall–Kier alpha value is -2.28. The minimum Gasteiger partial charge on any atom is -0.506 e. The zero-order valence-electron chi connectivity index (χ0n) is 11.6. The van der Waals surface area contributed by atoms with E-state index in [2.05, 4.69) is 5.32 Å². The Balaban J connectivity index is 2.04. The van der Waals surface area contributed by atoms with E-state index in [1.807, 2.05) is 6.92 Å². The van der Waals surface area contributed by atoms with Crippen LogP contribution in [0.1, 0.15) is 23.7 Å². The van der Waals surface area contributed by atoms with Crippen molar-refractivity contribution in [1.29, 1.82) is 0 Å². The lowest BCUT2D eigenvalue weighted by molar-refractivity contribution is 0.0463. The fraction of sp³-hybridized carbons (Fsp3) is 0.429. The highest BCUT2D eigenvalue weighted by Gasteiger charge is 2.27. The molecule has 4 N–H and O–H groups in total. The lowest BCUT2D eigenvalue weighted by Gasteiger charge is -2.34. The van der Waals surface area contributed by atoms with Gasteiger partial charge in [0.2, 0.25) is 0 Å². The number of carbonyl (C=O) groups excluding carboxylic acids is 1. The summed E-state index contributed by atoms with van der Waals surface area (Å²) in [5.41, 5.74) is 0.0748. The Bertz CT molecular complexity index is 560. The van der Waals surface area contributed by atoms with E-state index >= 15 is 0 Å². The predicted molar refractivity (Wildman–Crippen MR) is 75.4 cm³/mol. The van der Waals surface area contributed by atoms with E-state index < -0.39 is 18.1 Å². The maximum absolute atomic E-state index is 12.1. The maximum atomic E-state index is 12.1. The number of amides is 2. The first kappa shape index (κ1) is 15.1. The molecular weight excluding hydrogens is 276 g/mol. The van der Waals surface area contributed by atoms with Gasteiger partial charge in [-0.2, -0.15) is 0 Å². The van der Waals surface area contributed by atoms with Crippen molar-refractivity contribution in [2.24, 2.45) is 5.92 Å². The number of benzene rings is 1. The van der Waals surface area contributed by atoms with Gasteiger partial charge in [-0.3, -0.25) is 0 Å². The second-order valence-corrected chi connectivity index (χ2v) is 5.25. The number of carboxylic acids is 1. The molecule has 1 aromatic carbocycles. The number of phenolic OH excluding ortho intramolecular Hbond substituents is 1. The van der Waals surface area contributed by atoms with Crippen LogP contribution in [-0.2, 0) is 0 Å². The first-order valence-electron chi connectivity index (χ1n) is 6.68. The van der Waals surface area contributed by atoms with Crippen LogP contribution in [-0.4, -0.2) is 51.4 Å². The third-order valence-electron chi connectivity index (χ3n) is 3.69. The molecule has 1 saturated heterocycles. The number of nitrogens with one attached hydrogen (secondary N) is 1. The first-order chi connectivity index (χ1) is 9.88. The summed E-state index contributed by atoms with van der Waals surface area (Å²) in [5, 5.41) is 30.8. The average molecular weight is 294 g/mol. The number of carboxylic acid groups (broad SMARTS) is 1. The van der Waals surface area contributed by atoms with Crippen molar-refractivity contribution >= 4 is 17.7 Å². The predicted octanol–water partition coefficient (Wildman–Crippen LogP) is 1.32. The Morgan fingerprint density at radius 2 is 2.10 bits per heavy atom. The van der Waals surface area contributed by atoms with Crippen LogP contribution in [0.5, 0.6) is 5.75 Å². The Labute approximate surface area is 121 Å². The van der Waals surface area contributed by atoms with Crippen molar-refractivity contribution in [1.82, 2.24) is 4.90 Å². The van der Waals surface area contributed by atoms with Gasteiger partial charge in [0, 0.05) is 13.1 Å². The van der Waals surface area contributed by atoms with Gasteiger partial charge in [0.15, 0.2) is 0 Å². The third-order valence-corrected chi connectivity index (χ3v) is 3.69. The summed E-state index contributed by atoms with van der Waals surface area (Å²) in [5.74, 6) is -1.32. The quantitative estimate of drug-likeness (QED) is 0.615. The third kappa shape index (κ3) is 3.43. The van der Waals surface area contributed by atoms with E-state index in [9.17, 15) is 19.8 Å². The highest BCUT2D eigenvalue weighted by molar-refractivity contribution is 5.93.